The van der Waals surface area contributed by atoms with E-state index in [4.69, 9.17) is 0 Å². The van der Waals surface area contributed by atoms with Crippen molar-refractivity contribution < 1.29 is 4.79 Å². The summed E-state index contributed by atoms with van der Waals surface area (Å²) in [6.07, 6.45) is 11.2. The van der Waals surface area contributed by atoms with E-state index < -0.39 is 0 Å². The number of fused-ring (bicyclic) bond motifs is 1. The zero-order chi connectivity index (χ0) is 16.1. The molecule has 0 spiro atoms. The van der Waals surface area contributed by atoms with Gasteiger partial charge in [-0.2, -0.15) is 0 Å². The number of piperidine rings is 1. The molecule has 3 rings (SSSR count). The lowest BCUT2D eigenvalue weighted by molar-refractivity contribution is 0.0692. The Morgan fingerprint density at radius 1 is 1.22 bits per heavy atom. The maximum Gasteiger partial charge on any atom is 0.263 e. The van der Waals surface area contributed by atoms with Gasteiger partial charge in [0.2, 0.25) is 0 Å². The normalized spacial score (nSPS) is 20.0. The first-order valence-corrected chi connectivity index (χ1v) is 10.1. The second-order valence-electron chi connectivity index (χ2n) is 7.10. The average Bonchev–Trinajstić information content (AvgIpc) is 2.95. The van der Waals surface area contributed by atoms with E-state index in [1.807, 2.05) is 7.05 Å². The van der Waals surface area contributed by atoms with Crippen LogP contribution in [0.3, 0.4) is 0 Å². The fourth-order valence-electron chi connectivity index (χ4n) is 3.88. The van der Waals surface area contributed by atoms with E-state index in [-0.39, 0.29) is 5.91 Å². The lowest BCUT2D eigenvalue weighted by Gasteiger charge is -2.31. The largest absolute Gasteiger partial charge is 0.338 e. The van der Waals surface area contributed by atoms with E-state index in [0.29, 0.717) is 0 Å². The number of amides is 1. The molecule has 2 aliphatic rings. The molecule has 3 nitrogen and oxygen atoms in total. The highest BCUT2D eigenvalue weighted by atomic mass is 32.1. The van der Waals surface area contributed by atoms with Crippen LogP contribution in [-0.4, -0.2) is 37.5 Å². The van der Waals surface area contributed by atoms with Crippen LogP contribution in [0.25, 0.3) is 0 Å². The third kappa shape index (κ3) is 4.36. The van der Waals surface area contributed by atoms with E-state index in [9.17, 15) is 4.79 Å². The number of aryl methyl sites for hydroxylation is 2. The average molecular weight is 335 g/mol. The van der Waals surface area contributed by atoms with Gasteiger partial charge in [-0.15, -0.1) is 11.3 Å². The molecule has 1 aliphatic heterocycles. The molecule has 1 amide bonds. The number of nitrogens with zero attached hydrogens (tertiary/aromatic N) is 1. The molecule has 1 fully saturated rings. The van der Waals surface area contributed by atoms with Gasteiger partial charge in [0.1, 0.15) is 0 Å². The molecule has 2 heterocycles. The van der Waals surface area contributed by atoms with Crippen LogP contribution in [0.1, 0.15) is 65.1 Å². The molecule has 1 saturated heterocycles. The van der Waals surface area contributed by atoms with Crippen molar-refractivity contribution in [2.75, 3.05) is 26.7 Å². The summed E-state index contributed by atoms with van der Waals surface area (Å²) in [4.78, 5) is 17.4. The summed E-state index contributed by atoms with van der Waals surface area (Å²) in [6.45, 7) is 2.97. The summed E-state index contributed by atoms with van der Waals surface area (Å²) < 4.78 is 0. The minimum Gasteiger partial charge on any atom is -0.338 e. The standard InChI is InChI=1S/C19H30N2OS/c1-20-11-8-15-9-12-21(13-10-15)19(22)18-14-16-6-4-2-3-5-7-17(16)23-18/h14-15,20H,2-13H2,1H3. The van der Waals surface area contributed by atoms with Gasteiger partial charge in [0.25, 0.3) is 5.91 Å². The number of nitrogens with one attached hydrogen (secondary N) is 1. The zero-order valence-electron chi connectivity index (χ0n) is 14.4. The summed E-state index contributed by atoms with van der Waals surface area (Å²) in [5.41, 5.74) is 1.46. The molecule has 1 aromatic heterocycles. The lowest BCUT2D eigenvalue weighted by Crippen LogP contribution is -2.38. The van der Waals surface area contributed by atoms with E-state index >= 15 is 0 Å². The second-order valence-corrected chi connectivity index (χ2v) is 8.24. The summed E-state index contributed by atoms with van der Waals surface area (Å²) in [5.74, 6) is 1.07. The van der Waals surface area contributed by atoms with Gasteiger partial charge in [-0.25, -0.2) is 0 Å². The molecule has 1 aromatic rings. The van der Waals surface area contributed by atoms with Crippen molar-refractivity contribution in [3.05, 3.63) is 21.4 Å². The van der Waals surface area contributed by atoms with Crippen LogP contribution in [0.2, 0.25) is 0 Å². The molecule has 23 heavy (non-hydrogen) atoms. The number of likely N-dealkylation sites (tertiary alicyclic amines) is 1. The Balaban J connectivity index is 1.59. The molecule has 0 aromatic carbocycles. The maximum absolute atomic E-state index is 12.8. The van der Waals surface area contributed by atoms with Crippen LogP contribution in [0.4, 0.5) is 0 Å². The SMILES string of the molecule is CNCCC1CCN(C(=O)c2cc3c(s2)CCCCCC3)CC1. The van der Waals surface area contributed by atoms with Crippen LogP contribution >= 0.6 is 11.3 Å². The van der Waals surface area contributed by atoms with Gasteiger partial charge in [0, 0.05) is 18.0 Å². The van der Waals surface area contributed by atoms with Gasteiger partial charge in [-0.3, -0.25) is 4.79 Å². The molecule has 1 N–H and O–H groups in total. The quantitative estimate of drug-likeness (QED) is 0.906. The number of hydrogen-bond acceptors (Lipinski definition) is 3. The molecule has 0 unspecified atom stereocenters. The lowest BCUT2D eigenvalue weighted by atomic mass is 9.93. The minimum absolute atomic E-state index is 0.286. The van der Waals surface area contributed by atoms with Crippen molar-refractivity contribution in [2.24, 2.45) is 5.92 Å². The molecule has 0 saturated carbocycles. The van der Waals surface area contributed by atoms with Gasteiger partial charge in [0.15, 0.2) is 0 Å². The zero-order valence-corrected chi connectivity index (χ0v) is 15.2. The van der Waals surface area contributed by atoms with Crippen molar-refractivity contribution in [3.63, 3.8) is 0 Å². The molecule has 128 valence electrons. The molecule has 0 bridgehead atoms. The molecular formula is C19H30N2OS. The van der Waals surface area contributed by atoms with Crippen LogP contribution in [0.5, 0.6) is 0 Å². The first kappa shape index (κ1) is 17.0. The molecule has 0 radical (unpaired) electrons. The van der Waals surface area contributed by atoms with Crippen molar-refractivity contribution in [3.8, 4) is 0 Å². The third-order valence-corrected chi connectivity index (χ3v) is 6.64. The Hall–Kier alpha value is -0.870. The van der Waals surface area contributed by atoms with Gasteiger partial charge in [0.05, 0.1) is 4.88 Å². The first-order valence-electron chi connectivity index (χ1n) is 9.33. The molecular weight excluding hydrogens is 304 g/mol. The number of hydrogen-bond donors (Lipinski definition) is 1. The number of carbonyl (C=O) groups is 1. The Morgan fingerprint density at radius 3 is 2.70 bits per heavy atom. The minimum atomic E-state index is 0.286. The maximum atomic E-state index is 12.8. The summed E-state index contributed by atoms with van der Waals surface area (Å²) >= 11 is 1.77. The Labute approximate surface area is 144 Å². The van der Waals surface area contributed by atoms with E-state index in [1.54, 1.807) is 11.3 Å². The van der Waals surface area contributed by atoms with Crippen LogP contribution < -0.4 is 5.32 Å². The summed E-state index contributed by atoms with van der Waals surface area (Å²) in [6, 6.07) is 2.21. The van der Waals surface area contributed by atoms with E-state index in [1.165, 1.54) is 68.2 Å². The predicted octanol–water partition coefficient (Wildman–Crippen LogP) is 3.87. The Kier molecular flexibility index (Phi) is 6.12. The van der Waals surface area contributed by atoms with Gasteiger partial charge in [-0.05, 0) is 76.1 Å². The van der Waals surface area contributed by atoms with E-state index in [2.05, 4.69) is 16.3 Å². The highest BCUT2D eigenvalue weighted by molar-refractivity contribution is 7.14. The van der Waals surface area contributed by atoms with Gasteiger partial charge < -0.3 is 10.2 Å². The van der Waals surface area contributed by atoms with Gasteiger partial charge in [-0.1, -0.05) is 12.8 Å². The monoisotopic (exact) mass is 334 g/mol. The van der Waals surface area contributed by atoms with Crippen molar-refractivity contribution in [2.45, 2.75) is 57.8 Å². The molecule has 4 heteroatoms. The van der Waals surface area contributed by atoms with Crippen LogP contribution in [0.15, 0.2) is 6.07 Å². The van der Waals surface area contributed by atoms with Crippen LogP contribution in [-0.2, 0) is 12.8 Å². The van der Waals surface area contributed by atoms with E-state index in [0.717, 1.165) is 30.4 Å². The Bertz CT molecular complexity index is 492. The summed E-state index contributed by atoms with van der Waals surface area (Å²) in [7, 11) is 2.02. The third-order valence-electron chi connectivity index (χ3n) is 5.41. The van der Waals surface area contributed by atoms with Crippen LogP contribution in [0, 0.1) is 5.92 Å². The highest BCUT2D eigenvalue weighted by Gasteiger charge is 2.25. The number of carbonyl (C=O) groups excluding carboxylic acids is 1. The van der Waals surface area contributed by atoms with Crippen molar-refractivity contribution in [1.82, 2.24) is 10.2 Å². The molecule has 0 atom stereocenters. The van der Waals surface area contributed by atoms with Crippen molar-refractivity contribution in [1.29, 1.82) is 0 Å². The van der Waals surface area contributed by atoms with Gasteiger partial charge >= 0.3 is 0 Å². The molecule has 1 aliphatic carbocycles. The summed E-state index contributed by atoms with van der Waals surface area (Å²) in [5, 5.41) is 3.23. The topological polar surface area (TPSA) is 32.3 Å². The smallest absolute Gasteiger partial charge is 0.263 e. The Morgan fingerprint density at radius 2 is 1.96 bits per heavy atom. The number of thiophene rings is 1. The highest BCUT2D eigenvalue weighted by Crippen LogP contribution is 2.30. The fraction of sp³-hybridized carbons (Fsp3) is 0.737. The fourth-order valence-corrected chi connectivity index (χ4v) is 5.10. The van der Waals surface area contributed by atoms with Crippen molar-refractivity contribution >= 4 is 17.2 Å². The predicted molar refractivity (Wildman–Crippen MR) is 97.4 cm³/mol. The first-order chi connectivity index (χ1) is 11.3. The second kappa shape index (κ2) is 8.29. The number of rotatable bonds is 4.